The van der Waals surface area contributed by atoms with Crippen molar-refractivity contribution in [3.05, 3.63) is 68.9 Å². The average molecular weight is 604 g/mol. The van der Waals surface area contributed by atoms with Crippen molar-refractivity contribution in [1.29, 1.82) is 0 Å². The summed E-state index contributed by atoms with van der Waals surface area (Å²) in [5, 5.41) is 6.98. The third-order valence-electron chi connectivity index (χ3n) is 5.30. The van der Waals surface area contributed by atoms with Crippen LogP contribution in [0.15, 0.2) is 57.7 Å². The Morgan fingerprint density at radius 3 is 2.20 bits per heavy atom. The summed E-state index contributed by atoms with van der Waals surface area (Å²) in [5.74, 6) is -1.47. The molecule has 0 saturated heterocycles. The Morgan fingerprint density at radius 1 is 0.943 bits per heavy atom. The number of H-pyrrole nitrogens is 2. The van der Waals surface area contributed by atoms with Crippen molar-refractivity contribution in [2.75, 3.05) is 6.54 Å². The minimum atomic E-state index is -0.786. The molecule has 4 rings (SSSR count). The Balaban J connectivity index is 1.61. The number of alkyl carbamates (subject to hydrolysis) is 1. The highest BCUT2D eigenvalue weighted by Crippen LogP contribution is 2.28. The van der Waals surface area contributed by atoms with E-state index < -0.39 is 29.4 Å². The van der Waals surface area contributed by atoms with Crippen LogP contribution in [-0.4, -0.2) is 39.9 Å². The fraction of sp³-hybridized carbons (Fsp3) is 0.240. The van der Waals surface area contributed by atoms with Crippen LogP contribution >= 0.6 is 31.9 Å². The van der Waals surface area contributed by atoms with Gasteiger partial charge in [-0.3, -0.25) is 9.59 Å². The van der Waals surface area contributed by atoms with E-state index in [0.29, 0.717) is 5.39 Å². The van der Waals surface area contributed by atoms with Crippen molar-refractivity contribution < 1.29 is 19.1 Å². The van der Waals surface area contributed by atoms with Crippen molar-refractivity contribution >= 4 is 71.4 Å². The third-order valence-corrected chi connectivity index (χ3v) is 6.29. The van der Waals surface area contributed by atoms with Gasteiger partial charge in [-0.15, -0.1) is 0 Å². The topological polar surface area (TPSA) is 116 Å². The number of aromatic amines is 2. The molecule has 0 aliphatic heterocycles. The molecule has 0 saturated carbocycles. The maximum Gasteiger partial charge on any atom is 0.407 e. The van der Waals surface area contributed by atoms with E-state index in [0.717, 1.165) is 30.9 Å². The Hall–Kier alpha value is -3.11. The van der Waals surface area contributed by atoms with Crippen LogP contribution < -0.4 is 10.6 Å². The molecule has 35 heavy (non-hydrogen) atoms. The smallest absolute Gasteiger partial charge is 0.407 e. The number of ether oxygens (including phenoxy) is 1. The van der Waals surface area contributed by atoms with E-state index in [-0.39, 0.29) is 12.1 Å². The number of rotatable bonds is 6. The fourth-order valence-corrected chi connectivity index (χ4v) is 4.49. The second kappa shape index (κ2) is 9.87. The standard InChI is InChI=1S/C25H24Br2N4O4/c1-25(2,3)35-24(34)30-12-21(17-10-28-19-6-4-13(26)8-15(17)19)31-23(33)22(32)18-11-29-20-7-5-14(27)9-16(18)20/h4-11,21,28-29H,12H2,1-3H3,(H,30,34)(H,31,33). The summed E-state index contributed by atoms with van der Waals surface area (Å²) in [4.78, 5) is 44.7. The maximum atomic E-state index is 13.1. The van der Waals surface area contributed by atoms with Crippen LogP contribution in [0.5, 0.6) is 0 Å². The van der Waals surface area contributed by atoms with E-state index >= 15 is 0 Å². The molecule has 0 spiro atoms. The Kier molecular flexibility index (Phi) is 7.05. The average Bonchev–Trinajstić information content (AvgIpc) is 3.38. The van der Waals surface area contributed by atoms with Crippen LogP contribution in [0.4, 0.5) is 4.79 Å². The molecule has 2 heterocycles. The van der Waals surface area contributed by atoms with Gasteiger partial charge in [0.1, 0.15) is 5.60 Å². The number of nitrogens with one attached hydrogen (secondary N) is 4. The molecule has 1 atom stereocenters. The second-order valence-electron chi connectivity index (χ2n) is 9.06. The number of carbonyl (C=O) groups is 3. The maximum absolute atomic E-state index is 13.1. The molecule has 4 N–H and O–H groups in total. The quantitative estimate of drug-likeness (QED) is 0.166. The zero-order valence-electron chi connectivity index (χ0n) is 19.3. The number of halogens is 2. The number of hydrogen-bond acceptors (Lipinski definition) is 4. The lowest BCUT2D eigenvalue weighted by molar-refractivity contribution is -0.117. The first-order chi connectivity index (χ1) is 16.5. The van der Waals surface area contributed by atoms with Crippen molar-refractivity contribution in [1.82, 2.24) is 20.6 Å². The minimum Gasteiger partial charge on any atom is -0.444 e. The largest absolute Gasteiger partial charge is 0.444 e. The molecular weight excluding hydrogens is 580 g/mol. The lowest BCUT2D eigenvalue weighted by Gasteiger charge is -2.22. The molecule has 2 aromatic heterocycles. The van der Waals surface area contributed by atoms with Gasteiger partial charge in [-0.05, 0) is 57.2 Å². The van der Waals surface area contributed by atoms with Crippen LogP contribution in [0.25, 0.3) is 21.8 Å². The zero-order valence-corrected chi connectivity index (χ0v) is 22.5. The van der Waals surface area contributed by atoms with E-state index in [1.165, 1.54) is 6.20 Å². The van der Waals surface area contributed by atoms with Crippen LogP contribution in [-0.2, 0) is 9.53 Å². The number of Topliss-reactive ketones (excluding diaryl/α,β-unsaturated/α-hetero) is 1. The van der Waals surface area contributed by atoms with Gasteiger partial charge in [-0.25, -0.2) is 4.79 Å². The van der Waals surface area contributed by atoms with Gasteiger partial charge in [0, 0.05) is 55.3 Å². The molecule has 2 aromatic carbocycles. The van der Waals surface area contributed by atoms with E-state index in [4.69, 9.17) is 4.74 Å². The number of aromatic nitrogens is 2. The normalized spacial score (nSPS) is 12.5. The van der Waals surface area contributed by atoms with E-state index in [1.807, 2.05) is 30.3 Å². The van der Waals surface area contributed by atoms with Crippen molar-refractivity contribution in [2.45, 2.75) is 32.4 Å². The lowest BCUT2D eigenvalue weighted by Crippen LogP contribution is -2.42. The Labute approximate surface area is 218 Å². The van der Waals surface area contributed by atoms with Crippen molar-refractivity contribution in [3.63, 3.8) is 0 Å². The highest BCUT2D eigenvalue weighted by Gasteiger charge is 2.26. The molecular formula is C25H24Br2N4O4. The van der Waals surface area contributed by atoms with Crippen LogP contribution in [0, 0.1) is 0 Å². The minimum absolute atomic E-state index is 0.0207. The summed E-state index contributed by atoms with van der Waals surface area (Å²) < 4.78 is 6.98. The van der Waals surface area contributed by atoms with E-state index in [2.05, 4.69) is 52.5 Å². The second-order valence-corrected chi connectivity index (χ2v) is 10.9. The van der Waals surface area contributed by atoms with Crippen LogP contribution in [0.2, 0.25) is 0 Å². The van der Waals surface area contributed by atoms with Gasteiger partial charge in [0.15, 0.2) is 0 Å². The van der Waals surface area contributed by atoms with Gasteiger partial charge in [-0.1, -0.05) is 31.9 Å². The lowest BCUT2D eigenvalue weighted by atomic mass is 10.0. The first-order valence-corrected chi connectivity index (χ1v) is 12.5. The molecule has 0 bridgehead atoms. The molecule has 2 amide bonds. The highest BCUT2D eigenvalue weighted by atomic mass is 79.9. The summed E-state index contributed by atoms with van der Waals surface area (Å²) in [7, 11) is 0. The zero-order chi connectivity index (χ0) is 25.3. The van der Waals surface area contributed by atoms with Gasteiger partial charge in [0.2, 0.25) is 0 Å². The van der Waals surface area contributed by atoms with Gasteiger partial charge in [-0.2, -0.15) is 0 Å². The monoisotopic (exact) mass is 602 g/mol. The number of amides is 2. The van der Waals surface area contributed by atoms with Crippen LogP contribution in [0.1, 0.15) is 42.7 Å². The molecule has 0 fully saturated rings. The number of hydrogen-bond donors (Lipinski definition) is 4. The number of ketones is 1. The molecule has 0 aliphatic carbocycles. The predicted molar refractivity (Wildman–Crippen MR) is 141 cm³/mol. The Bertz CT molecular complexity index is 1430. The van der Waals surface area contributed by atoms with Gasteiger partial charge in [0.05, 0.1) is 11.6 Å². The summed E-state index contributed by atoms with van der Waals surface area (Å²) in [5.41, 5.74) is 1.91. The summed E-state index contributed by atoms with van der Waals surface area (Å²) in [6, 6.07) is 10.5. The number of benzene rings is 2. The van der Waals surface area contributed by atoms with E-state index in [9.17, 15) is 14.4 Å². The number of fused-ring (bicyclic) bond motifs is 2. The first kappa shape index (κ1) is 25.0. The summed E-state index contributed by atoms with van der Waals surface area (Å²) >= 11 is 6.87. The molecule has 4 aromatic rings. The summed E-state index contributed by atoms with van der Waals surface area (Å²) in [6.07, 6.45) is 2.66. The first-order valence-electron chi connectivity index (χ1n) is 10.9. The van der Waals surface area contributed by atoms with Gasteiger partial charge < -0.3 is 25.3 Å². The van der Waals surface area contributed by atoms with E-state index in [1.54, 1.807) is 33.0 Å². The van der Waals surface area contributed by atoms with Crippen molar-refractivity contribution in [3.8, 4) is 0 Å². The number of carbonyl (C=O) groups excluding carboxylic acids is 3. The van der Waals surface area contributed by atoms with Crippen LogP contribution in [0.3, 0.4) is 0 Å². The molecule has 10 heteroatoms. The fourth-order valence-electron chi connectivity index (χ4n) is 3.77. The molecule has 0 aliphatic rings. The molecule has 182 valence electrons. The predicted octanol–water partition coefficient (Wildman–Crippen LogP) is 5.74. The molecule has 8 nitrogen and oxygen atoms in total. The SMILES string of the molecule is CC(C)(C)OC(=O)NCC(NC(=O)C(=O)c1c[nH]c2ccc(Br)cc12)c1c[nH]c2ccc(Br)cc12. The summed E-state index contributed by atoms with van der Waals surface area (Å²) in [6.45, 7) is 5.32. The Morgan fingerprint density at radius 2 is 1.54 bits per heavy atom. The van der Waals surface area contributed by atoms with Crippen molar-refractivity contribution in [2.24, 2.45) is 0 Å². The third kappa shape index (κ3) is 5.76. The van der Waals surface area contributed by atoms with Gasteiger partial charge >= 0.3 is 6.09 Å². The van der Waals surface area contributed by atoms with Gasteiger partial charge in [0.25, 0.3) is 11.7 Å². The molecule has 1 unspecified atom stereocenters. The highest BCUT2D eigenvalue weighted by molar-refractivity contribution is 9.10. The molecule has 0 radical (unpaired) electrons.